The number of carbonyl (C=O) groups is 4. The van der Waals surface area contributed by atoms with Crippen LogP contribution in [0.15, 0.2) is 42.5 Å². The number of anilines is 3. The van der Waals surface area contributed by atoms with Crippen LogP contribution >= 0.6 is 0 Å². The number of aromatic nitrogens is 2. The summed E-state index contributed by atoms with van der Waals surface area (Å²) in [5, 5.41) is 24.6. The molecule has 1 unspecified atom stereocenters. The summed E-state index contributed by atoms with van der Waals surface area (Å²) in [6, 6.07) is 11.7. The Hall–Kier alpha value is -5.51. The number of nitrogens with zero attached hydrogens (tertiary/aromatic N) is 8. The van der Waals surface area contributed by atoms with E-state index in [2.05, 4.69) is 55.4 Å². The van der Waals surface area contributed by atoms with Crippen LogP contribution in [0.2, 0.25) is 0 Å². The van der Waals surface area contributed by atoms with Gasteiger partial charge in [-0.2, -0.15) is 0 Å². The number of rotatable bonds is 5. The third-order valence-corrected chi connectivity index (χ3v) is 12.2. The number of amides is 5. The van der Waals surface area contributed by atoms with Crippen molar-refractivity contribution in [2.45, 2.75) is 57.4 Å². The maximum Gasteiger partial charge on any atom is 0.320 e. The highest BCUT2D eigenvalue weighted by Crippen LogP contribution is 2.38. The lowest BCUT2D eigenvalue weighted by Gasteiger charge is -2.51. The molecule has 0 spiro atoms. The Morgan fingerprint density at radius 1 is 0.945 bits per heavy atom. The van der Waals surface area contributed by atoms with Gasteiger partial charge in [-0.25, -0.2) is 9.18 Å². The number of phenolic OH excluding ortho intramolecular Hbond substituents is 1. The van der Waals surface area contributed by atoms with Gasteiger partial charge in [0, 0.05) is 107 Å². The monoisotopic (exact) mass is 752 g/mol. The first kappa shape index (κ1) is 35.2. The fourth-order valence-corrected chi connectivity index (χ4v) is 9.44. The van der Waals surface area contributed by atoms with Crippen LogP contribution in [0.25, 0.3) is 11.3 Å². The largest absolute Gasteiger partial charge is 0.504 e. The first-order chi connectivity index (χ1) is 26.5. The second-order valence-corrected chi connectivity index (χ2v) is 15.9. The average molecular weight is 753 g/mol. The summed E-state index contributed by atoms with van der Waals surface area (Å²) in [5.41, 5.74) is 4.02. The fraction of sp³-hybridized carbons (Fsp3) is 0.487. The number of phenols is 1. The molecule has 3 N–H and O–H groups in total. The number of urea groups is 1. The van der Waals surface area contributed by atoms with Crippen molar-refractivity contribution in [3.63, 3.8) is 0 Å². The highest BCUT2D eigenvalue weighted by atomic mass is 19.1. The Kier molecular flexibility index (Phi) is 8.74. The number of hydrogen-bond acceptors (Lipinski definition) is 11. The minimum Gasteiger partial charge on any atom is -0.504 e. The molecule has 7 heterocycles. The molecule has 4 atom stereocenters. The summed E-state index contributed by atoms with van der Waals surface area (Å²) in [6.45, 7) is 11.2. The molecule has 16 heteroatoms. The summed E-state index contributed by atoms with van der Waals surface area (Å²) in [6.07, 6.45) is 0.584. The number of halogens is 1. The van der Waals surface area contributed by atoms with E-state index in [1.54, 1.807) is 11.0 Å². The van der Waals surface area contributed by atoms with Gasteiger partial charge in [0.25, 0.3) is 5.91 Å². The molecule has 1 aromatic heterocycles. The van der Waals surface area contributed by atoms with Gasteiger partial charge in [0.05, 0.1) is 17.4 Å². The van der Waals surface area contributed by atoms with E-state index in [1.807, 2.05) is 28.0 Å². The number of piperidine rings is 1. The van der Waals surface area contributed by atoms with Crippen molar-refractivity contribution in [1.29, 1.82) is 0 Å². The first-order valence-electron chi connectivity index (χ1n) is 19.2. The molecule has 4 fully saturated rings. The molecule has 6 aliphatic rings. The minimum absolute atomic E-state index is 0.0184. The van der Waals surface area contributed by atoms with Crippen LogP contribution in [0, 0.1) is 11.7 Å². The Morgan fingerprint density at radius 2 is 1.75 bits per heavy atom. The predicted octanol–water partition coefficient (Wildman–Crippen LogP) is 2.32. The van der Waals surface area contributed by atoms with Gasteiger partial charge in [0.15, 0.2) is 17.4 Å². The van der Waals surface area contributed by atoms with Crippen molar-refractivity contribution in [2.24, 2.45) is 5.92 Å². The standard InChI is InChI=1S/C39H45FN10O5/c1-22-15-45(17-24-18-47(19-24)26-7-6-25-20-49(38(54)29(25)12-26)32-8-9-34(51)42-37(32)53)16-23(2)50(22)39(55)46-10-11-48-27(21-46)14-41-36-33(48)13-31(43-44-36)28-4-3-5-30(40)35(28)52/h3-7,12-13,22-24,27,32,52H,8-11,14-21H2,1-2H3,(H,41,44)(H,42,51,53)/t22-,23+,27-,32?/m0/s1. The number of imide groups is 1. The third kappa shape index (κ3) is 6.25. The maximum absolute atomic E-state index is 14.1. The number of hydrogen-bond donors (Lipinski definition) is 3. The van der Waals surface area contributed by atoms with E-state index in [9.17, 15) is 28.7 Å². The Morgan fingerprint density at radius 3 is 2.53 bits per heavy atom. The van der Waals surface area contributed by atoms with Crippen molar-refractivity contribution in [3.05, 3.63) is 59.4 Å². The molecule has 4 saturated heterocycles. The molecule has 0 radical (unpaired) electrons. The van der Waals surface area contributed by atoms with Gasteiger partial charge < -0.3 is 34.9 Å². The second kappa shape index (κ2) is 13.7. The lowest BCUT2D eigenvalue weighted by atomic mass is 9.96. The highest BCUT2D eigenvalue weighted by molar-refractivity contribution is 6.05. The van der Waals surface area contributed by atoms with Gasteiger partial charge >= 0.3 is 6.03 Å². The van der Waals surface area contributed by atoms with Crippen LogP contribution in [0.5, 0.6) is 5.75 Å². The molecule has 3 aromatic rings. The number of aromatic hydroxyl groups is 1. The fourth-order valence-electron chi connectivity index (χ4n) is 9.44. The lowest BCUT2D eigenvalue weighted by molar-refractivity contribution is -0.136. The molecule has 15 nitrogen and oxygen atoms in total. The summed E-state index contributed by atoms with van der Waals surface area (Å²) in [7, 11) is 0. The zero-order chi connectivity index (χ0) is 38.1. The van der Waals surface area contributed by atoms with Gasteiger partial charge in [0.1, 0.15) is 6.04 Å². The molecule has 0 aliphatic carbocycles. The van der Waals surface area contributed by atoms with E-state index in [1.165, 1.54) is 12.1 Å². The SMILES string of the molecule is C[C@@H]1CN(CC2CN(c3ccc4c(c3)C(=O)N(C3CCC(=O)NC3=O)C4)C2)C[C@H](C)N1C(=O)N1CCN2c3cc(-c4cccc(F)c4O)nnc3NC[C@H]2C1. The van der Waals surface area contributed by atoms with Crippen LogP contribution in [0.3, 0.4) is 0 Å². The van der Waals surface area contributed by atoms with Crippen molar-refractivity contribution in [3.8, 4) is 17.0 Å². The number of benzene rings is 2. The molecule has 55 heavy (non-hydrogen) atoms. The summed E-state index contributed by atoms with van der Waals surface area (Å²) in [5.74, 6) is -0.925. The zero-order valence-corrected chi connectivity index (χ0v) is 30.9. The molecule has 288 valence electrons. The average Bonchev–Trinajstić information content (AvgIpc) is 3.48. The first-order valence-corrected chi connectivity index (χ1v) is 19.2. The number of fused-ring (bicyclic) bond motifs is 4. The van der Waals surface area contributed by atoms with Crippen molar-refractivity contribution in [1.82, 2.24) is 35.1 Å². The molecule has 2 aromatic carbocycles. The smallest absolute Gasteiger partial charge is 0.320 e. The Labute approximate surface area is 318 Å². The minimum atomic E-state index is -0.714. The number of nitrogens with one attached hydrogen (secondary N) is 2. The van der Waals surface area contributed by atoms with Crippen LogP contribution in [0.4, 0.5) is 26.4 Å². The van der Waals surface area contributed by atoms with Crippen LogP contribution in [0.1, 0.15) is 42.6 Å². The number of para-hydroxylation sites is 1. The van der Waals surface area contributed by atoms with Crippen LogP contribution in [-0.2, 0) is 16.1 Å². The van der Waals surface area contributed by atoms with E-state index < -0.39 is 23.5 Å². The second-order valence-electron chi connectivity index (χ2n) is 15.9. The number of carbonyl (C=O) groups excluding carboxylic acids is 4. The zero-order valence-electron chi connectivity index (χ0n) is 30.9. The van der Waals surface area contributed by atoms with Crippen molar-refractivity contribution >= 4 is 40.9 Å². The molecule has 9 rings (SSSR count). The molecule has 5 amide bonds. The normalized spacial score (nSPS) is 25.6. The van der Waals surface area contributed by atoms with E-state index in [0.29, 0.717) is 62.1 Å². The summed E-state index contributed by atoms with van der Waals surface area (Å²) >= 11 is 0. The summed E-state index contributed by atoms with van der Waals surface area (Å²) < 4.78 is 14.1. The van der Waals surface area contributed by atoms with Crippen LogP contribution < -0.4 is 20.4 Å². The molecule has 0 saturated carbocycles. The lowest BCUT2D eigenvalue weighted by Crippen LogP contribution is -2.66. The van der Waals surface area contributed by atoms with E-state index in [-0.39, 0.29) is 48.0 Å². The van der Waals surface area contributed by atoms with Crippen LogP contribution in [-0.4, -0.2) is 142 Å². The Balaban J connectivity index is 0.778. The third-order valence-electron chi connectivity index (χ3n) is 12.2. The van der Waals surface area contributed by atoms with E-state index in [0.717, 1.165) is 49.7 Å². The highest BCUT2D eigenvalue weighted by Gasteiger charge is 2.42. The van der Waals surface area contributed by atoms with E-state index >= 15 is 0 Å². The summed E-state index contributed by atoms with van der Waals surface area (Å²) in [4.78, 5) is 64.0. The number of piperazine rings is 2. The van der Waals surface area contributed by atoms with Gasteiger partial charge in [0.2, 0.25) is 11.8 Å². The van der Waals surface area contributed by atoms with Gasteiger partial charge in [-0.3, -0.25) is 24.6 Å². The Bertz CT molecular complexity index is 2070. The van der Waals surface area contributed by atoms with Gasteiger partial charge in [-0.15, -0.1) is 10.2 Å². The van der Waals surface area contributed by atoms with Crippen molar-refractivity contribution < 1.29 is 28.7 Å². The molecular weight excluding hydrogens is 707 g/mol. The van der Waals surface area contributed by atoms with Gasteiger partial charge in [-0.05, 0) is 56.2 Å². The van der Waals surface area contributed by atoms with Gasteiger partial charge in [-0.1, -0.05) is 12.1 Å². The molecule has 0 bridgehead atoms. The molecular formula is C39H45FN10O5. The van der Waals surface area contributed by atoms with Crippen molar-refractivity contribution in [2.75, 3.05) is 74.0 Å². The van der Waals surface area contributed by atoms with E-state index in [4.69, 9.17) is 0 Å². The predicted molar refractivity (Wildman–Crippen MR) is 201 cm³/mol. The quantitative estimate of drug-likeness (QED) is 0.329. The topological polar surface area (TPSA) is 158 Å². The maximum atomic E-state index is 14.1. The molecule has 6 aliphatic heterocycles.